The van der Waals surface area contributed by atoms with Crippen molar-refractivity contribution in [3.63, 3.8) is 0 Å². The number of likely N-dealkylation sites (N-methyl/N-ethyl adjacent to an activating group) is 1. The number of aryl methyl sites for hydroxylation is 2. The quantitative estimate of drug-likeness (QED) is 0.824. The molecule has 1 aromatic heterocycles. The van der Waals surface area contributed by atoms with Crippen LogP contribution in [-0.2, 0) is 13.5 Å². The summed E-state index contributed by atoms with van der Waals surface area (Å²) < 4.78 is 1.99. The Morgan fingerprint density at radius 2 is 1.94 bits per heavy atom. The second kappa shape index (κ2) is 6.20. The first kappa shape index (κ1) is 14.2. The van der Waals surface area contributed by atoms with Gasteiger partial charge < -0.3 is 5.32 Å². The van der Waals surface area contributed by atoms with Crippen molar-refractivity contribution in [1.29, 1.82) is 0 Å². The highest BCUT2D eigenvalue weighted by molar-refractivity contribution is 5.25. The molecular formula is C14H27N3. The molecule has 0 aliphatic carbocycles. The maximum atomic E-state index is 4.50. The average molecular weight is 237 g/mol. The van der Waals surface area contributed by atoms with Crippen molar-refractivity contribution in [2.24, 2.45) is 13.0 Å². The lowest BCUT2D eigenvalue weighted by molar-refractivity contribution is 0.370. The van der Waals surface area contributed by atoms with E-state index in [4.69, 9.17) is 0 Å². The molecule has 2 unspecified atom stereocenters. The van der Waals surface area contributed by atoms with Crippen LogP contribution in [-0.4, -0.2) is 22.4 Å². The molecule has 98 valence electrons. The second-order valence-corrected chi connectivity index (χ2v) is 5.03. The third kappa shape index (κ3) is 3.32. The number of hydrogen-bond acceptors (Lipinski definition) is 2. The SMILES string of the molecule is CCNC(Cc1c(C)nn(C)c1C)C(C)CC. The first-order chi connectivity index (χ1) is 8.01. The maximum absolute atomic E-state index is 4.50. The molecule has 0 saturated carbocycles. The lowest BCUT2D eigenvalue weighted by atomic mass is 9.92. The highest BCUT2D eigenvalue weighted by atomic mass is 15.3. The summed E-state index contributed by atoms with van der Waals surface area (Å²) in [5, 5.41) is 8.11. The van der Waals surface area contributed by atoms with Crippen LogP contribution in [0.3, 0.4) is 0 Å². The Morgan fingerprint density at radius 3 is 2.35 bits per heavy atom. The first-order valence-electron chi connectivity index (χ1n) is 6.73. The van der Waals surface area contributed by atoms with Crippen molar-refractivity contribution in [3.05, 3.63) is 17.0 Å². The molecule has 0 aromatic carbocycles. The standard InChI is InChI=1S/C14H27N3/c1-7-10(3)14(15-8-2)9-13-11(4)16-17(6)12(13)5/h10,14-15H,7-9H2,1-6H3. The van der Waals surface area contributed by atoms with E-state index in [-0.39, 0.29) is 0 Å². The summed E-state index contributed by atoms with van der Waals surface area (Å²) in [7, 11) is 2.03. The number of nitrogens with zero attached hydrogens (tertiary/aromatic N) is 2. The normalized spacial score (nSPS) is 14.9. The van der Waals surface area contributed by atoms with Gasteiger partial charge in [0.05, 0.1) is 5.69 Å². The summed E-state index contributed by atoms with van der Waals surface area (Å²) in [5.41, 5.74) is 3.89. The summed E-state index contributed by atoms with van der Waals surface area (Å²) in [6, 6.07) is 0.562. The third-order valence-corrected chi connectivity index (χ3v) is 3.88. The van der Waals surface area contributed by atoms with E-state index in [0.29, 0.717) is 12.0 Å². The van der Waals surface area contributed by atoms with Gasteiger partial charge in [-0.25, -0.2) is 0 Å². The van der Waals surface area contributed by atoms with Gasteiger partial charge in [0.2, 0.25) is 0 Å². The highest BCUT2D eigenvalue weighted by Gasteiger charge is 2.19. The van der Waals surface area contributed by atoms with Gasteiger partial charge in [0, 0.05) is 18.8 Å². The van der Waals surface area contributed by atoms with Gasteiger partial charge in [0.25, 0.3) is 0 Å². The summed E-state index contributed by atoms with van der Waals surface area (Å²) in [6.07, 6.45) is 2.31. The van der Waals surface area contributed by atoms with E-state index in [1.807, 2.05) is 11.7 Å². The van der Waals surface area contributed by atoms with E-state index in [0.717, 1.165) is 13.0 Å². The van der Waals surface area contributed by atoms with Crippen molar-refractivity contribution in [3.8, 4) is 0 Å². The lowest BCUT2D eigenvalue weighted by Crippen LogP contribution is -2.36. The molecule has 0 fully saturated rings. The van der Waals surface area contributed by atoms with Crippen LogP contribution in [0.4, 0.5) is 0 Å². The van der Waals surface area contributed by atoms with Gasteiger partial charge in [-0.15, -0.1) is 0 Å². The molecule has 0 saturated heterocycles. The van der Waals surface area contributed by atoms with Crippen LogP contribution in [0.2, 0.25) is 0 Å². The fourth-order valence-corrected chi connectivity index (χ4v) is 2.35. The molecule has 0 spiro atoms. The van der Waals surface area contributed by atoms with Gasteiger partial charge in [0.15, 0.2) is 0 Å². The topological polar surface area (TPSA) is 29.9 Å². The molecule has 0 aliphatic rings. The summed E-state index contributed by atoms with van der Waals surface area (Å²) in [6.45, 7) is 12.1. The minimum absolute atomic E-state index is 0.562. The Kier molecular flexibility index (Phi) is 5.19. The molecule has 17 heavy (non-hydrogen) atoms. The molecule has 1 heterocycles. The van der Waals surface area contributed by atoms with E-state index in [1.165, 1.54) is 23.4 Å². The van der Waals surface area contributed by atoms with Crippen LogP contribution in [0, 0.1) is 19.8 Å². The highest BCUT2D eigenvalue weighted by Crippen LogP contribution is 2.18. The summed E-state index contributed by atoms with van der Waals surface area (Å²) >= 11 is 0. The summed E-state index contributed by atoms with van der Waals surface area (Å²) in [4.78, 5) is 0. The van der Waals surface area contributed by atoms with E-state index < -0.39 is 0 Å². The van der Waals surface area contributed by atoms with Crippen LogP contribution >= 0.6 is 0 Å². The summed E-state index contributed by atoms with van der Waals surface area (Å²) in [5.74, 6) is 0.703. The van der Waals surface area contributed by atoms with Gasteiger partial charge in [-0.2, -0.15) is 5.10 Å². The molecule has 1 aromatic rings. The van der Waals surface area contributed by atoms with Gasteiger partial charge in [-0.3, -0.25) is 4.68 Å². The minimum Gasteiger partial charge on any atom is -0.314 e. The molecular weight excluding hydrogens is 210 g/mol. The smallest absolute Gasteiger partial charge is 0.0628 e. The van der Waals surface area contributed by atoms with Gasteiger partial charge in [-0.1, -0.05) is 27.2 Å². The Bertz CT molecular complexity index is 355. The molecule has 0 radical (unpaired) electrons. The van der Waals surface area contributed by atoms with E-state index >= 15 is 0 Å². The van der Waals surface area contributed by atoms with Gasteiger partial charge in [0.1, 0.15) is 0 Å². The molecule has 1 N–H and O–H groups in total. The maximum Gasteiger partial charge on any atom is 0.0628 e. The fourth-order valence-electron chi connectivity index (χ4n) is 2.35. The molecule has 0 aliphatic heterocycles. The Balaban J connectivity index is 2.85. The molecule has 3 heteroatoms. The number of nitrogens with one attached hydrogen (secondary N) is 1. The molecule has 1 rings (SSSR count). The predicted molar refractivity (Wildman–Crippen MR) is 73.3 cm³/mol. The van der Waals surface area contributed by atoms with Gasteiger partial charge >= 0.3 is 0 Å². The number of rotatable bonds is 6. The minimum atomic E-state index is 0.562. The second-order valence-electron chi connectivity index (χ2n) is 5.03. The van der Waals surface area contributed by atoms with Crippen LogP contribution in [0.1, 0.15) is 44.1 Å². The Labute approximate surface area is 106 Å². The first-order valence-corrected chi connectivity index (χ1v) is 6.73. The zero-order valence-electron chi connectivity index (χ0n) is 12.2. The molecule has 2 atom stereocenters. The number of aromatic nitrogens is 2. The molecule has 0 bridgehead atoms. The zero-order valence-corrected chi connectivity index (χ0v) is 12.2. The largest absolute Gasteiger partial charge is 0.314 e. The Hall–Kier alpha value is -0.830. The van der Waals surface area contributed by atoms with Crippen molar-refractivity contribution in [2.45, 2.75) is 53.5 Å². The van der Waals surface area contributed by atoms with Crippen molar-refractivity contribution >= 4 is 0 Å². The third-order valence-electron chi connectivity index (χ3n) is 3.88. The Morgan fingerprint density at radius 1 is 1.29 bits per heavy atom. The fraction of sp³-hybridized carbons (Fsp3) is 0.786. The lowest BCUT2D eigenvalue weighted by Gasteiger charge is -2.24. The monoisotopic (exact) mass is 237 g/mol. The molecule has 3 nitrogen and oxygen atoms in total. The van der Waals surface area contributed by atoms with Gasteiger partial charge in [-0.05, 0) is 38.3 Å². The van der Waals surface area contributed by atoms with Crippen molar-refractivity contribution < 1.29 is 0 Å². The van der Waals surface area contributed by atoms with Crippen LogP contribution < -0.4 is 5.32 Å². The van der Waals surface area contributed by atoms with Crippen molar-refractivity contribution in [2.75, 3.05) is 6.54 Å². The van der Waals surface area contributed by atoms with E-state index in [1.54, 1.807) is 0 Å². The zero-order chi connectivity index (χ0) is 13.0. The van der Waals surface area contributed by atoms with E-state index in [9.17, 15) is 0 Å². The predicted octanol–water partition coefficient (Wildman–Crippen LogP) is 2.60. The molecule has 0 amide bonds. The average Bonchev–Trinajstić information content (AvgIpc) is 2.54. The number of hydrogen-bond donors (Lipinski definition) is 1. The van der Waals surface area contributed by atoms with Crippen molar-refractivity contribution in [1.82, 2.24) is 15.1 Å². The van der Waals surface area contributed by atoms with Crippen LogP contribution in [0.25, 0.3) is 0 Å². The van der Waals surface area contributed by atoms with E-state index in [2.05, 4.69) is 45.0 Å². The van der Waals surface area contributed by atoms with Crippen LogP contribution in [0.15, 0.2) is 0 Å². The van der Waals surface area contributed by atoms with Crippen LogP contribution in [0.5, 0.6) is 0 Å².